The lowest BCUT2D eigenvalue weighted by Crippen LogP contribution is -2.05. The third-order valence-corrected chi connectivity index (χ3v) is 1.79. The molecule has 3 N–H and O–H groups in total. The van der Waals surface area contributed by atoms with E-state index in [2.05, 4.69) is 4.98 Å². The van der Waals surface area contributed by atoms with Crippen LogP contribution in [0.3, 0.4) is 0 Å². The highest BCUT2D eigenvalue weighted by Crippen LogP contribution is 2.12. The molecule has 1 heterocycles. The van der Waals surface area contributed by atoms with E-state index in [9.17, 15) is 5.21 Å². The Morgan fingerprint density at radius 2 is 2.17 bits per heavy atom. The summed E-state index contributed by atoms with van der Waals surface area (Å²) in [5.74, 6) is 0.483. The average molecular weight is 163 g/mol. The van der Waals surface area contributed by atoms with Gasteiger partial charge in [0.15, 0.2) is 5.82 Å². The van der Waals surface area contributed by atoms with Crippen LogP contribution < -0.4 is 5.73 Å². The fourth-order valence-corrected chi connectivity index (χ4v) is 1.20. The summed E-state index contributed by atoms with van der Waals surface area (Å²) in [6.07, 6.45) is 0. The number of hydrogen-bond donors (Lipinski definition) is 2. The minimum Gasteiger partial charge on any atom is -0.427 e. The summed E-state index contributed by atoms with van der Waals surface area (Å²) in [5.41, 5.74) is 6.83. The molecule has 1 aromatic heterocycles. The van der Waals surface area contributed by atoms with Gasteiger partial charge in [-0.2, -0.15) is 4.73 Å². The molecule has 0 aliphatic carbocycles. The molecule has 0 atom stereocenters. The van der Waals surface area contributed by atoms with E-state index in [-0.39, 0.29) is 6.54 Å². The van der Waals surface area contributed by atoms with Gasteiger partial charge >= 0.3 is 0 Å². The zero-order chi connectivity index (χ0) is 8.55. The second kappa shape index (κ2) is 2.49. The zero-order valence-corrected chi connectivity index (χ0v) is 6.44. The molecule has 0 aliphatic heterocycles. The van der Waals surface area contributed by atoms with E-state index in [1.54, 1.807) is 6.07 Å². The van der Waals surface area contributed by atoms with Gasteiger partial charge in [-0.25, -0.2) is 4.98 Å². The van der Waals surface area contributed by atoms with Crippen molar-refractivity contribution in [1.29, 1.82) is 0 Å². The molecule has 0 amide bonds. The number of fused-ring (bicyclic) bond motifs is 1. The third kappa shape index (κ3) is 0.853. The number of imidazole rings is 1. The fraction of sp³-hybridized carbons (Fsp3) is 0.125. The molecular weight excluding hydrogens is 154 g/mol. The van der Waals surface area contributed by atoms with Gasteiger partial charge in [-0.1, -0.05) is 12.1 Å². The largest absolute Gasteiger partial charge is 0.427 e. The van der Waals surface area contributed by atoms with Crippen LogP contribution in [0.1, 0.15) is 5.82 Å². The first-order valence-corrected chi connectivity index (χ1v) is 3.68. The van der Waals surface area contributed by atoms with Crippen LogP contribution in [-0.2, 0) is 6.54 Å². The van der Waals surface area contributed by atoms with Crippen LogP contribution in [0, 0.1) is 0 Å². The normalized spacial score (nSPS) is 10.8. The predicted octanol–water partition coefficient (Wildman–Crippen LogP) is 0.732. The number of aromatic nitrogens is 2. The van der Waals surface area contributed by atoms with E-state index >= 15 is 0 Å². The van der Waals surface area contributed by atoms with Crippen LogP contribution in [0.5, 0.6) is 0 Å². The molecule has 2 rings (SSSR count). The summed E-state index contributed by atoms with van der Waals surface area (Å²) in [6.45, 7) is 0.241. The van der Waals surface area contributed by atoms with Gasteiger partial charge in [0.05, 0.1) is 12.1 Å². The van der Waals surface area contributed by atoms with Gasteiger partial charge in [0, 0.05) is 0 Å². The van der Waals surface area contributed by atoms with Gasteiger partial charge in [0.2, 0.25) is 0 Å². The van der Waals surface area contributed by atoms with Gasteiger partial charge in [0.1, 0.15) is 5.52 Å². The summed E-state index contributed by atoms with van der Waals surface area (Å²) in [5, 5.41) is 9.46. The molecular formula is C8H9N3O. The van der Waals surface area contributed by atoms with Crippen molar-refractivity contribution < 1.29 is 5.21 Å². The van der Waals surface area contributed by atoms with Gasteiger partial charge in [-0.3, -0.25) is 0 Å². The molecule has 0 unspecified atom stereocenters. The second-order valence-corrected chi connectivity index (χ2v) is 2.53. The van der Waals surface area contributed by atoms with Crippen molar-refractivity contribution in [3.05, 3.63) is 30.1 Å². The van der Waals surface area contributed by atoms with Gasteiger partial charge in [-0.05, 0) is 12.1 Å². The Balaban J connectivity index is 2.78. The standard InChI is InChI=1S/C8H9N3O/c9-5-8-10-6-3-1-2-4-7(6)11(8)12/h1-4,12H,5,9H2. The smallest absolute Gasteiger partial charge is 0.159 e. The molecule has 1 aromatic carbocycles. The lowest BCUT2D eigenvalue weighted by molar-refractivity contribution is 0.188. The summed E-state index contributed by atoms with van der Waals surface area (Å²) in [4.78, 5) is 4.12. The van der Waals surface area contributed by atoms with E-state index in [1.165, 1.54) is 0 Å². The number of nitrogens with two attached hydrogens (primary N) is 1. The Kier molecular flexibility index (Phi) is 1.48. The minimum absolute atomic E-state index is 0.241. The van der Waals surface area contributed by atoms with Crippen LogP contribution in [0.4, 0.5) is 0 Å². The number of hydrogen-bond acceptors (Lipinski definition) is 3. The number of benzene rings is 1. The Hall–Kier alpha value is -1.55. The molecule has 0 aliphatic rings. The van der Waals surface area contributed by atoms with Gasteiger partial charge in [0.25, 0.3) is 0 Å². The van der Waals surface area contributed by atoms with Crippen LogP contribution >= 0.6 is 0 Å². The van der Waals surface area contributed by atoms with Crippen molar-refractivity contribution in [2.75, 3.05) is 0 Å². The number of nitrogens with zero attached hydrogens (tertiary/aromatic N) is 2. The lowest BCUT2D eigenvalue weighted by atomic mass is 10.3. The molecule has 0 fully saturated rings. The molecule has 4 heteroatoms. The molecule has 0 spiro atoms. The maximum atomic E-state index is 9.46. The van der Waals surface area contributed by atoms with E-state index in [0.717, 1.165) is 10.2 Å². The first kappa shape index (κ1) is 7.12. The van der Waals surface area contributed by atoms with E-state index in [1.807, 2.05) is 18.2 Å². The Labute approximate surface area is 69.2 Å². The molecule has 62 valence electrons. The number of rotatable bonds is 1. The summed E-state index contributed by atoms with van der Waals surface area (Å²) in [7, 11) is 0. The molecule has 0 radical (unpaired) electrons. The van der Waals surface area contributed by atoms with E-state index in [0.29, 0.717) is 11.3 Å². The van der Waals surface area contributed by atoms with E-state index in [4.69, 9.17) is 5.73 Å². The highest BCUT2D eigenvalue weighted by Gasteiger charge is 2.05. The maximum absolute atomic E-state index is 9.46. The summed E-state index contributed by atoms with van der Waals surface area (Å²) in [6, 6.07) is 7.34. The molecule has 12 heavy (non-hydrogen) atoms. The SMILES string of the molecule is NCc1nc2ccccc2n1O. The van der Waals surface area contributed by atoms with Crippen molar-refractivity contribution in [2.24, 2.45) is 5.73 Å². The van der Waals surface area contributed by atoms with Gasteiger partial charge in [-0.15, -0.1) is 0 Å². The molecule has 0 saturated carbocycles. The second-order valence-electron chi connectivity index (χ2n) is 2.53. The van der Waals surface area contributed by atoms with Crippen molar-refractivity contribution in [2.45, 2.75) is 6.54 Å². The molecule has 0 saturated heterocycles. The topological polar surface area (TPSA) is 64.1 Å². The monoisotopic (exact) mass is 163 g/mol. The third-order valence-electron chi connectivity index (χ3n) is 1.79. The fourth-order valence-electron chi connectivity index (χ4n) is 1.20. The summed E-state index contributed by atoms with van der Waals surface area (Å²) < 4.78 is 1.02. The molecule has 0 bridgehead atoms. The van der Waals surface area contributed by atoms with Gasteiger partial charge < -0.3 is 10.9 Å². The highest BCUT2D eigenvalue weighted by molar-refractivity contribution is 5.75. The quantitative estimate of drug-likeness (QED) is 0.609. The van der Waals surface area contributed by atoms with Crippen molar-refractivity contribution >= 4 is 11.0 Å². The predicted molar refractivity (Wildman–Crippen MR) is 44.8 cm³/mol. The zero-order valence-electron chi connectivity index (χ0n) is 6.44. The van der Waals surface area contributed by atoms with Crippen LogP contribution in [0.2, 0.25) is 0 Å². The molecule has 2 aromatic rings. The number of para-hydroxylation sites is 2. The van der Waals surface area contributed by atoms with Crippen molar-refractivity contribution in [3.8, 4) is 0 Å². The van der Waals surface area contributed by atoms with Crippen molar-refractivity contribution in [1.82, 2.24) is 9.71 Å². The Bertz CT molecular complexity index is 408. The van der Waals surface area contributed by atoms with Crippen LogP contribution in [0.15, 0.2) is 24.3 Å². The first-order chi connectivity index (χ1) is 5.83. The van der Waals surface area contributed by atoms with Crippen LogP contribution in [-0.4, -0.2) is 14.9 Å². The van der Waals surface area contributed by atoms with Crippen molar-refractivity contribution in [3.63, 3.8) is 0 Å². The highest BCUT2D eigenvalue weighted by atomic mass is 16.5. The Morgan fingerprint density at radius 3 is 2.83 bits per heavy atom. The van der Waals surface area contributed by atoms with E-state index < -0.39 is 0 Å². The minimum atomic E-state index is 0.241. The lowest BCUT2D eigenvalue weighted by Gasteiger charge is -1.94. The average Bonchev–Trinajstić information content (AvgIpc) is 2.44. The van der Waals surface area contributed by atoms with Crippen LogP contribution in [0.25, 0.3) is 11.0 Å². The maximum Gasteiger partial charge on any atom is 0.159 e. The summed E-state index contributed by atoms with van der Waals surface area (Å²) >= 11 is 0. The first-order valence-electron chi connectivity index (χ1n) is 3.68. The Morgan fingerprint density at radius 1 is 1.42 bits per heavy atom. The molecule has 4 nitrogen and oxygen atoms in total.